The molecule has 0 bridgehead atoms. The molecule has 0 aromatic heterocycles. The van der Waals surface area contributed by atoms with Crippen molar-refractivity contribution in [3.63, 3.8) is 0 Å². The Balaban J connectivity index is 3.37. The predicted molar refractivity (Wildman–Crippen MR) is 57.5 cm³/mol. The summed E-state index contributed by atoms with van der Waals surface area (Å²) in [5.74, 6) is -0.789. The van der Waals surface area contributed by atoms with Gasteiger partial charge in [0.1, 0.15) is 0 Å². The molecule has 0 unspecified atom stereocenters. The van der Waals surface area contributed by atoms with Crippen molar-refractivity contribution in [2.75, 3.05) is 7.11 Å². The van der Waals surface area contributed by atoms with Crippen LogP contribution in [0, 0.1) is 0 Å². The molecule has 0 amide bonds. The van der Waals surface area contributed by atoms with Crippen molar-refractivity contribution in [2.45, 2.75) is 6.18 Å². The molecule has 0 saturated heterocycles. The first kappa shape index (κ1) is 13.3. The fraction of sp³-hybridized carbons (Fsp3) is 0.200. The van der Waals surface area contributed by atoms with E-state index in [1.165, 1.54) is 0 Å². The molecule has 0 atom stereocenters. The first-order valence-corrected chi connectivity index (χ1v) is 4.68. The molecule has 0 aliphatic carbocycles. The van der Waals surface area contributed by atoms with Gasteiger partial charge in [0.2, 0.25) is 0 Å². The van der Waals surface area contributed by atoms with Crippen molar-refractivity contribution in [3.8, 4) is 0 Å². The summed E-state index contributed by atoms with van der Waals surface area (Å²) in [6.45, 7) is 0. The second-order valence-electron chi connectivity index (χ2n) is 2.92. The molecule has 0 spiro atoms. The highest BCUT2D eigenvalue weighted by molar-refractivity contribution is 7.78. The van der Waals surface area contributed by atoms with Gasteiger partial charge in [0.25, 0.3) is 0 Å². The maximum Gasteiger partial charge on any atom is 0.416 e. The van der Waals surface area contributed by atoms with Crippen LogP contribution in [0.2, 0.25) is 0 Å². The first-order chi connectivity index (χ1) is 7.90. The number of carbonyl (C=O) groups excluding carboxylic acids is 1. The first-order valence-electron chi connectivity index (χ1n) is 4.27. The molecule has 0 radical (unpaired) electrons. The molecular formula is C10H6F3NO2S. The topological polar surface area (TPSA) is 38.7 Å². The van der Waals surface area contributed by atoms with E-state index in [4.69, 9.17) is 0 Å². The lowest BCUT2D eigenvalue weighted by Crippen LogP contribution is -2.07. The molecule has 17 heavy (non-hydrogen) atoms. The van der Waals surface area contributed by atoms with Crippen LogP contribution in [0.25, 0.3) is 0 Å². The van der Waals surface area contributed by atoms with Gasteiger partial charge in [-0.2, -0.15) is 18.2 Å². The van der Waals surface area contributed by atoms with E-state index in [-0.39, 0.29) is 11.3 Å². The summed E-state index contributed by atoms with van der Waals surface area (Å²) in [5.41, 5.74) is -1.24. The Kier molecular flexibility index (Phi) is 3.98. The molecule has 0 N–H and O–H groups in total. The van der Waals surface area contributed by atoms with E-state index < -0.39 is 17.7 Å². The van der Waals surface area contributed by atoms with Gasteiger partial charge >= 0.3 is 12.1 Å². The van der Waals surface area contributed by atoms with E-state index in [0.717, 1.165) is 19.2 Å². The Morgan fingerprint density at radius 1 is 1.47 bits per heavy atom. The maximum absolute atomic E-state index is 12.4. The third-order valence-electron chi connectivity index (χ3n) is 1.90. The number of ether oxygens (including phenoxy) is 1. The minimum Gasteiger partial charge on any atom is -0.465 e. The Hall–Kier alpha value is -1.72. The van der Waals surface area contributed by atoms with Gasteiger partial charge in [-0.25, -0.2) is 4.79 Å². The number of esters is 1. The van der Waals surface area contributed by atoms with Gasteiger partial charge < -0.3 is 4.74 Å². The van der Waals surface area contributed by atoms with Crippen molar-refractivity contribution in [2.24, 2.45) is 4.99 Å². The molecule has 3 nitrogen and oxygen atoms in total. The van der Waals surface area contributed by atoms with Crippen LogP contribution in [-0.4, -0.2) is 18.2 Å². The summed E-state index contributed by atoms with van der Waals surface area (Å²) in [4.78, 5) is 14.7. The summed E-state index contributed by atoms with van der Waals surface area (Å²) >= 11 is 4.30. The highest BCUT2D eigenvalue weighted by Gasteiger charge is 2.31. The lowest BCUT2D eigenvalue weighted by Gasteiger charge is -2.09. The van der Waals surface area contributed by atoms with Crippen LogP contribution in [-0.2, 0) is 10.9 Å². The molecule has 90 valence electrons. The van der Waals surface area contributed by atoms with E-state index in [0.29, 0.717) is 6.07 Å². The summed E-state index contributed by atoms with van der Waals surface area (Å²) in [6.07, 6.45) is -4.51. The second kappa shape index (κ2) is 5.07. The number of isothiocyanates is 1. The van der Waals surface area contributed by atoms with E-state index in [9.17, 15) is 18.0 Å². The molecule has 0 heterocycles. The average Bonchev–Trinajstić information content (AvgIpc) is 2.27. The van der Waals surface area contributed by atoms with Crippen molar-refractivity contribution < 1.29 is 22.7 Å². The normalized spacial score (nSPS) is 10.6. The molecule has 0 fully saturated rings. The predicted octanol–water partition coefficient (Wildman–Crippen LogP) is 3.23. The average molecular weight is 261 g/mol. The molecule has 7 heteroatoms. The van der Waals surface area contributed by atoms with E-state index >= 15 is 0 Å². The Morgan fingerprint density at radius 3 is 2.59 bits per heavy atom. The zero-order valence-corrected chi connectivity index (χ0v) is 9.35. The van der Waals surface area contributed by atoms with Gasteiger partial charge in [-0.15, -0.1) is 0 Å². The lowest BCUT2D eigenvalue weighted by atomic mass is 10.1. The second-order valence-corrected chi connectivity index (χ2v) is 3.11. The fourth-order valence-corrected chi connectivity index (χ4v) is 1.23. The number of nitrogens with zero attached hydrogens (tertiary/aromatic N) is 1. The van der Waals surface area contributed by atoms with Crippen LogP contribution >= 0.6 is 12.2 Å². The third kappa shape index (κ3) is 3.12. The Labute approximate surface area is 99.9 Å². The van der Waals surface area contributed by atoms with Gasteiger partial charge in [-0.1, -0.05) is 0 Å². The van der Waals surface area contributed by atoms with Gasteiger partial charge in [0.15, 0.2) is 0 Å². The van der Waals surface area contributed by atoms with Crippen LogP contribution in [0.15, 0.2) is 23.2 Å². The van der Waals surface area contributed by atoms with Crippen molar-refractivity contribution >= 4 is 29.0 Å². The number of aliphatic imine (C=N–C) groups is 1. The van der Waals surface area contributed by atoms with Crippen LogP contribution in [0.1, 0.15) is 15.9 Å². The Bertz CT molecular complexity index is 493. The summed E-state index contributed by atoms with van der Waals surface area (Å²) in [5, 5.41) is 1.92. The number of rotatable bonds is 2. The van der Waals surface area contributed by atoms with E-state index in [1.807, 2.05) is 5.16 Å². The molecule has 0 aliphatic heterocycles. The maximum atomic E-state index is 12.4. The number of halogens is 3. The number of hydrogen-bond acceptors (Lipinski definition) is 4. The number of benzene rings is 1. The molecule has 1 aromatic carbocycles. The molecule has 0 aliphatic rings. The zero-order valence-electron chi connectivity index (χ0n) is 8.54. The van der Waals surface area contributed by atoms with Crippen LogP contribution in [0.4, 0.5) is 18.9 Å². The minimum atomic E-state index is -4.51. The molecule has 1 aromatic rings. The monoisotopic (exact) mass is 261 g/mol. The number of carbonyl (C=O) groups is 1. The fourth-order valence-electron chi connectivity index (χ4n) is 1.13. The molecule has 1 rings (SSSR count). The number of thiocarbonyl (C=S) groups is 1. The van der Waals surface area contributed by atoms with Gasteiger partial charge in [-0.3, -0.25) is 0 Å². The summed E-state index contributed by atoms with van der Waals surface area (Å²) < 4.78 is 41.7. The van der Waals surface area contributed by atoms with Crippen LogP contribution < -0.4 is 0 Å². The van der Waals surface area contributed by atoms with Crippen LogP contribution in [0.3, 0.4) is 0 Å². The van der Waals surface area contributed by atoms with Crippen molar-refractivity contribution in [3.05, 3.63) is 29.3 Å². The smallest absolute Gasteiger partial charge is 0.416 e. The summed E-state index contributed by atoms with van der Waals surface area (Å²) in [7, 11) is 1.12. The molecule has 0 saturated carbocycles. The van der Waals surface area contributed by atoms with Gasteiger partial charge in [-0.05, 0) is 30.4 Å². The standard InChI is InChI=1S/C10H6F3NO2S/c1-16-9(15)7-3-2-6(10(11,12)13)4-8(7)14-5-17/h2-4H,1H3. The SMILES string of the molecule is COC(=O)c1ccc(C(F)(F)F)cc1N=C=S. The highest BCUT2D eigenvalue weighted by Crippen LogP contribution is 2.33. The lowest BCUT2D eigenvalue weighted by molar-refractivity contribution is -0.137. The number of alkyl halides is 3. The third-order valence-corrected chi connectivity index (χ3v) is 1.99. The van der Waals surface area contributed by atoms with Crippen molar-refractivity contribution in [1.82, 2.24) is 0 Å². The van der Waals surface area contributed by atoms with Gasteiger partial charge in [0.05, 0.1) is 29.1 Å². The largest absolute Gasteiger partial charge is 0.465 e. The zero-order chi connectivity index (χ0) is 13.1. The molecular weight excluding hydrogens is 255 g/mol. The van der Waals surface area contributed by atoms with Gasteiger partial charge in [0, 0.05) is 0 Å². The number of methoxy groups -OCH3 is 1. The minimum absolute atomic E-state index is 0.0992. The van der Waals surface area contributed by atoms with E-state index in [1.54, 1.807) is 0 Å². The summed E-state index contributed by atoms with van der Waals surface area (Å²) in [6, 6.07) is 2.47. The number of hydrogen-bond donors (Lipinski definition) is 0. The Morgan fingerprint density at radius 2 is 2.12 bits per heavy atom. The quantitative estimate of drug-likeness (QED) is 0.466. The highest BCUT2D eigenvalue weighted by atomic mass is 32.1. The van der Waals surface area contributed by atoms with Crippen molar-refractivity contribution in [1.29, 1.82) is 0 Å². The van der Waals surface area contributed by atoms with Crippen LogP contribution in [0.5, 0.6) is 0 Å². The van der Waals surface area contributed by atoms with E-state index in [2.05, 4.69) is 21.9 Å².